The van der Waals surface area contributed by atoms with E-state index < -0.39 is 28.0 Å². The van der Waals surface area contributed by atoms with E-state index in [0.29, 0.717) is 22.7 Å². The Morgan fingerprint density at radius 2 is 1.97 bits per heavy atom. The molecule has 1 aliphatic heterocycles. The van der Waals surface area contributed by atoms with E-state index in [-0.39, 0.29) is 12.3 Å². The number of nitrogens with zero attached hydrogens (tertiary/aromatic N) is 1. The number of para-hydroxylation sites is 2. The van der Waals surface area contributed by atoms with E-state index in [4.69, 9.17) is 9.47 Å². The van der Waals surface area contributed by atoms with Crippen molar-refractivity contribution in [2.24, 2.45) is 0 Å². The van der Waals surface area contributed by atoms with Gasteiger partial charge in [0.15, 0.2) is 6.10 Å². The zero-order valence-corrected chi connectivity index (χ0v) is 17.2. The van der Waals surface area contributed by atoms with E-state index in [1.54, 1.807) is 50.2 Å². The zero-order valence-electron chi connectivity index (χ0n) is 16.3. The monoisotopic (exact) mass is 418 g/mol. The first-order chi connectivity index (χ1) is 13.8. The summed E-state index contributed by atoms with van der Waals surface area (Å²) in [4.78, 5) is 24.6. The molecule has 29 heavy (non-hydrogen) atoms. The lowest BCUT2D eigenvalue weighted by molar-refractivity contribution is -0.122. The van der Waals surface area contributed by atoms with Crippen molar-refractivity contribution in [3.63, 3.8) is 0 Å². The molecule has 9 heteroatoms. The summed E-state index contributed by atoms with van der Waals surface area (Å²) < 4.78 is 36.7. The van der Waals surface area contributed by atoms with Gasteiger partial charge in [-0.15, -0.1) is 0 Å². The smallest absolute Gasteiger partial charge is 0.337 e. The van der Waals surface area contributed by atoms with Crippen molar-refractivity contribution in [1.82, 2.24) is 0 Å². The quantitative estimate of drug-likeness (QED) is 0.748. The molecule has 1 heterocycles. The Morgan fingerprint density at radius 1 is 1.24 bits per heavy atom. The maximum atomic E-state index is 12.9. The highest BCUT2D eigenvalue weighted by Gasteiger charge is 2.36. The molecule has 0 spiro atoms. The summed E-state index contributed by atoms with van der Waals surface area (Å²) in [6, 6.07) is 11.5. The van der Waals surface area contributed by atoms with Crippen molar-refractivity contribution >= 4 is 33.3 Å². The molecule has 2 aromatic rings. The highest BCUT2D eigenvalue weighted by Crippen LogP contribution is 2.35. The van der Waals surface area contributed by atoms with Gasteiger partial charge >= 0.3 is 5.97 Å². The maximum absolute atomic E-state index is 12.9. The third-order valence-electron chi connectivity index (χ3n) is 4.64. The van der Waals surface area contributed by atoms with Crippen LogP contribution in [0.3, 0.4) is 0 Å². The number of benzene rings is 2. The van der Waals surface area contributed by atoms with Gasteiger partial charge in [-0.3, -0.25) is 9.10 Å². The number of amides is 1. The summed E-state index contributed by atoms with van der Waals surface area (Å²) >= 11 is 0. The van der Waals surface area contributed by atoms with Crippen LogP contribution in [-0.2, 0) is 19.6 Å². The molecule has 1 amide bonds. The van der Waals surface area contributed by atoms with Crippen molar-refractivity contribution < 1.29 is 27.5 Å². The van der Waals surface area contributed by atoms with E-state index >= 15 is 0 Å². The normalized spacial score (nSPS) is 15.8. The Labute approximate surface area is 169 Å². The summed E-state index contributed by atoms with van der Waals surface area (Å²) in [6.45, 7) is 3.18. The minimum Gasteiger partial charge on any atom is -0.476 e. The number of ether oxygens (including phenoxy) is 2. The minimum absolute atomic E-state index is 0.101. The molecule has 0 radical (unpaired) electrons. The SMILES string of the molecule is CCS(=O)(=O)N1CC(C(=O)Nc2cc(C(=O)OC)ccc2C)Oc2ccccc21. The number of fused-ring (bicyclic) bond motifs is 1. The first-order valence-electron chi connectivity index (χ1n) is 9.02. The van der Waals surface area contributed by atoms with Crippen LogP contribution in [0, 0.1) is 6.92 Å². The molecular weight excluding hydrogens is 396 g/mol. The van der Waals surface area contributed by atoms with Gasteiger partial charge in [-0.25, -0.2) is 13.2 Å². The van der Waals surface area contributed by atoms with Gasteiger partial charge < -0.3 is 14.8 Å². The Hall–Kier alpha value is -3.07. The van der Waals surface area contributed by atoms with Crippen LogP contribution in [0.15, 0.2) is 42.5 Å². The highest BCUT2D eigenvalue weighted by atomic mass is 32.2. The standard InChI is InChI=1S/C20H22N2O6S/c1-4-29(25,26)22-12-18(28-17-8-6-5-7-16(17)22)19(23)21-15-11-14(20(24)27-3)10-9-13(15)2/h5-11,18H,4,12H2,1-3H3,(H,21,23). The Bertz CT molecular complexity index is 1050. The lowest BCUT2D eigenvalue weighted by atomic mass is 10.1. The van der Waals surface area contributed by atoms with Gasteiger partial charge in [0.2, 0.25) is 10.0 Å². The zero-order chi connectivity index (χ0) is 21.2. The number of hydrogen-bond acceptors (Lipinski definition) is 6. The van der Waals surface area contributed by atoms with Crippen LogP contribution in [-0.4, -0.2) is 45.8 Å². The number of esters is 1. The number of rotatable bonds is 5. The van der Waals surface area contributed by atoms with Crippen LogP contribution < -0.4 is 14.4 Å². The average molecular weight is 418 g/mol. The largest absolute Gasteiger partial charge is 0.476 e. The fraction of sp³-hybridized carbons (Fsp3) is 0.300. The Morgan fingerprint density at radius 3 is 2.66 bits per heavy atom. The fourth-order valence-corrected chi connectivity index (χ4v) is 4.10. The van der Waals surface area contributed by atoms with Gasteiger partial charge in [0.25, 0.3) is 5.91 Å². The minimum atomic E-state index is -3.59. The van der Waals surface area contributed by atoms with E-state index in [1.807, 2.05) is 0 Å². The molecule has 0 aromatic heterocycles. The second kappa shape index (κ2) is 8.12. The molecule has 0 saturated heterocycles. The second-order valence-corrected chi connectivity index (χ2v) is 8.70. The number of aryl methyl sites for hydroxylation is 1. The molecule has 2 aromatic carbocycles. The van der Waals surface area contributed by atoms with Gasteiger partial charge in [-0.2, -0.15) is 0 Å². The molecule has 0 saturated carbocycles. The molecule has 0 bridgehead atoms. The molecular formula is C20H22N2O6S. The van der Waals surface area contributed by atoms with E-state index in [2.05, 4.69) is 5.32 Å². The molecule has 3 rings (SSSR count). The van der Waals surface area contributed by atoms with Crippen molar-refractivity contribution in [2.45, 2.75) is 20.0 Å². The number of carbonyl (C=O) groups is 2. The Balaban J connectivity index is 1.88. The number of carbonyl (C=O) groups excluding carboxylic acids is 2. The van der Waals surface area contributed by atoms with E-state index in [0.717, 1.165) is 5.56 Å². The third-order valence-corrected chi connectivity index (χ3v) is 6.39. The van der Waals surface area contributed by atoms with Crippen LogP contribution in [0.4, 0.5) is 11.4 Å². The van der Waals surface area contributed by atoms with Crippen LogP contribution in [0.1, 0.15) is 22.8 Å². The van der Waals surface area contributed by atoms with Crippen LogP contribution in [0.5, 0.6) is 5.75 Å². The van der Waals surface area contributed by atoms with Crippen LogP contribution >= 0.6 is 0 Å². The first kappa shape index (κ1) is 20.7. The number of methoxy groups -OCH3 is 1. The molecule has 8 nitrogen and oxygen atoms in total. The lowest BCUT2D eigenvalue weighted by Crippen LogP contribution is -2.49. The highest BCUT2D eigenvalue weighted by molar-refractivity contribution is 7.92. The topological polar surface area (TPSA) is 102 Å². The maximum Gasteiger partial charge on any atom is 0.337 e. The third kappa shape index (κ3) is 4.19. The average Bonchev–Trinajstić information content (AvgIpc) is 2.73. The predicted molar refractivity (Wildman–Crippen MR) is 109 cm³/mol. The van der Waals surface area contributed by atoms with E-state index in [1.165, 1.54) is 17.5 Å². The molecule has 0 aliphatic carbocycles. The summed E-state index contributed by atoms with van der Waals surface area (Å²) in [5.74, 6) is -0.823. The van der Waals surface area contributed by atoms with Crippen molar-refractivity contribution in [3.8, 4) is 5.75 Å². The van der Waals surface area contributed by atoms with Gasteiger partial charge in [-0.1, -0.05) is 18.2 Å². The van der Waals surface area contributed by atoms with Crippen LogP contribution in [0.2, 0.25) is 0 Å². The predicted octanol–water partition coefficient (Wildman–Crippen LogP) is 2.34. The van der Waals surface area contributed by atoms with Crippen molar-refractivity contribution in [1.29, 1.82) is 0 Å². The van der Waals surface area contributed by atoms with Crippen LogP contribution in [0.25, 0.3) is 0 Å². The van der Waals surface area contributed by atoms with Gasteiger partial charge in [0.05, 0.1) is 30.7 Å². The Kier molecular flexibility index (Phi) is 5.78. The number of nitrogens with one attached hydrogen (secondary N) is 1. The van der Waals surface area contributed by atoms with Crippen molar-refractivity contribution in [2.75, 3.05) is 29.0 Å². The van der Waals surface area contributed by atoms with Gasteiger partial charge in [0, 0.05) is 5.69 Å². The van der Waals surface area contributed by atoms with E-state index in [9.17, 15) is 18.0 Å². The van der Waals surface area contributed by atoms with Gasteiger partial charge in [-0.05, 0) is 43.7 Å². The number of sulfonamides is 1. The molecule has 154 valence electrons. The molecule has 1 atom stereocenters. The summed E-state index contributed by atoms with van der Waals surface area (Å²) in [6.07, 6.45) is -1.05. The molecule has 0 fully saturated rings. The number of hydrogen-bond donors (Lipinski definition) is 1. The lowest BCUT2D eigenvalue weighted by Gasteiger charge is -2.34. The summed E-state index contributed by atoms with van der Waals surface area (Å²) in [5, 5.41) is 2.73. The molecule has 1 N–H and O–H groups in total. The molecule has 1 aliphatic rings. The summed E-state index contributed by atoms with van der Waals surface area (Å²) in [7, 11) is -2.32. The number of anilines is 2. The first-order valence-corrected chi connectivity index (χ1v) is 10.6. The second-order valence-electron chi connectivity index (χ2n) is 6.52. The summed E-state index contributed by atoms with van der Waals surface area (Å²) in [5.41, 5.74) is 1.85. The fourth-order valence-electron chi connectivity index (χ4n) is 2.97. The van der Waals surface area contributed by atoms with Crippen molar-refractivity contribution in [3.05, 3.63) is 53.6 Å². The molecule has 1 unspecified atom stereocenters. The van der Waals surface area contributed by atoms with Gasteiger partial charge in [0.1, 0.15) is 5.75 Å².